The van der Waals surface area contributed by atoms with Crippen LogP contribution in [0.25, 0.3) is 0 Å². The fourth-order valence-electron chi connectivity index (χ4n) is 3.41. The van der Waals surface area contributed by atoms with Crippen molar-refractivity contribution in [2.45, 2.75) is 57.5 Å². The third-order valence-electron chi connectivity index (χ3n) is 4.20. The standard InChI is InChI=1S/C13H25NO/c14-9-8-12(11-5-1-2-6-11)13-7-3-4-10-15-13/h11-13H,1-10,14H2. The van der Waals surface area contributed by atoms with Crippen LogP contribution in [0.1, 0.15) is 51.4 Å². The van der Waals surface area contributed by atoms with Crippen LogP contribution in [0.5, 0.6) is 0 Å². The zero-order valence-corrected chi connectivity index (χ0v) is 9.79. The average Bonchev–Trinajstić information content (AvgIpc) is 2.80. The van der Waals surface area contributed by atoms with Gasteiger partial charge in [-0.3, -0.25) is 0 Å². The number of rotatable bonds is 4. The summed E-state index contributed by atoms with van der Waals surface area (Å²) in [5.74, 6) is 1.68. The molecule has 2 aliphatic rings. The molecule has 0 aromatic rings. The van der Waals surface area contributed by atoms with E-state index in [1.165, 1.54) is 51.4 Å². The van der Waals surface area contributed by atoms with Crippen molar-refractivity contribution in [3.63, 3.8) is 0 Å². The fraction of sp³-hybridized carbons (Fsp3) is 1.00. The van der Waals surface area contributed by atoms with E-state index in [1.807, 2.05) is 0 Å². The summed E-state index contributed by atoms with van der Waals surface area (Å²) in [6.45, 7) is 1.82. The Labute approximate surface area is 93.6 Å². The topological polar surface area (TPSA) is 35.2 Å². The number of ether oxygens (including phenoxy) is 1. The van der Waals surface area contributed by atoms with Crippen LogP contribution in [0, 0.1) is 11.8 Å². The summed E-state index contributed by atoms with van der Waals surface area (Å²) in [7, 11) is 0. The number of nitrogens with two attached hydrogens (primary N) is 1. The molecule has 0 spiro atoms. The summed E-state index contributed by atoms with van der Waals surface area (Å²) in [6.07, 6.45) is 11.3. The maximum absolute atomic E-state index is 5.95. The monoisotopic (exact) mass is 211 g/mol. The van der Waals surface area contributed by atoms with Gasteiger partial charge in [0.25, 0.3) is 0 Å². The normalized spacial score (nSPS) is 30.6. The van der Waals surface area contributed by atoms with Crippen LogP contribution < -0.4 is 5.73 Å². The number of hydrogen-bond acceptors (Lipinski definition) is 2. The lowest BCUT2D eigenvalue weighted by Crippen LogP contribution is -2.33. The Morgan fingerprint density at radius 3 is 2.40 bits per heavy atom. The van der Waals surface area contributed by atoms with Gasteiger partial charge in [-0.15, -0.1) is 0 Å². The minimum absolute atomic E-state index is 0.533. The van der Waals surface area contributed by atoms with Gasteiger partial charge in [-0.05, 0) is 44.1 Å². The van der Waals surface area contributed by atoms with E-state index in [4.69, 9.17) is 10.5 Å². The molecule has 1 aliphatic heterocycles. The van der Waals surface area contributed by atoms with E-state index in [0.29, 0.717) is 6.10 Å². The van der Waals surface area contributed by atoms with Crippen molar-refractivity contribution >= 4 is 0 Å². The summed E-state index contributed by atoms with van der Waals surface area (Å²) >= 11 is 0. The second-order valence-corrected chi connectivity index (χ2v) is 5.19. The van der Waals surface area contributed by atoms with Crippen molar-refractivity contribution in [2.24, 2.45) is 17.6 Å². The predicted octanol–water partition coefficient (Wildman–Crippen LogP) is 2.71. The maximum Gasteiger partial charge on any atom is 0.0606 e. The van der Waals surface area contributed by atoms with E-state index in [-0.39, 0.29) is 0 Å². The molecular formula is C13H25NO. The number of hydrogen-bond donors (Lipinski definition) is 1. The van der Waals surface area contributed by atoms with E-state index < -0.39 is 0 Å². The highest BCUT2D eigenvalue weighted by Crippen LogP contribution is 2.37. The molecule has 1 aliphatic carbocycles. The van der Waals surface area contributed by atoms with Gasteiger partial charge in [0.1, 0.15) is 0 Å². The summed E-state index contributed by atoms with van der Waals surface area (Å²) in [5, 5.41) is 0. The van der Waals surface area contributed by atoms with Gasteiger partial charge in [0.15, 0.2) is 0 Å². The van der Waals surface area contributed by atoms with Crippen molar-refractivity contribution in [1.29, 1.82) is 0 Å². The van der Waals surface area contributed by atoms with Crippen LogP contribution in [-0.4, -0.2) is 19.3 Å². The van der Waals surface area contributed by atoms with Gasteiger partial charge in [-0.25, -0.2) is 0 Å². The van der Waals surface area contributed by atoms with Crippen molar-refractivity contribution in [1.82, 2.24) is 0 Å². The molecule has 0 bridgehead atoms. The van der Waals surface area contributed by atoms with E-state index in [9.17, 15) is 0 Å². The molecule has 2 heteroatoms. The van der Waals surface area contributed by atoms with Gasteiger partial charge in [-0.1, -0.05) is 25.7 Å². The van der Waals surface area contributed by atoms with Gasteiger partial charge < -0.3 is 10.5 Å². The van der Waals surface area contributed by atoms with E-state index >= 15 is 0 Å². The Balaban J connectivity index is 1.90. The lowest BCUT2D eigenvalue weighted by Gasteiger charge is -2.34. The SMILES string of the molecule is NCCC(C1CCCC1)C1CCCCO1. The molecule has 0 amide bonds. The summed E-state index contributed by atoms with van der Waals surface area (Å²) < 4.78 is 5.95. The summed E-state index contributed by atoms with van der Waals surface area (Å²) in [5.41, 5.74) is 5.75. The van der Waals surface area contributed by atoms with Crippen LogP contribution in [-0.2, 0) is 4.74 Å². The molecule has 0 radical (unpaired) electrons. The van der Waals surface area contributed by atoms with Gasteiger partial charge in [0.2, 0.25) is 0 Å². The molecule has 2 atom stereocenters. The van der Waals surface area contributed by atoms with Crippen LogP contribution in [0.15, 0.2) is 0 Å². The summed E-state index contributed by atoms with van der Waals surface area (Å²) in [4.78, 5) is 0. The van der Waals surface area contributed by atoms with Gasteiger partial charge in [0, 0.05) is 6.61 Å². The first-order valence-electron chi connectivity index (χ1n) is 6.73. The van der Waals surface area contributed by atoms with Crippen molar-refractivity contribution in [3.05, 3.63) is 0 Å². The molecule has 0 aromatic heterocycles. The third-order valence-corrected chi connectivity index (χ3v) is 4.20. The molecule has 15 heavy (non-hydrogen) atoms. The summed E-state index contributed by atoms with van der Waals surface area (Å²) in [6, 6.07) is 0. The molecule has 2 nitrogen and oxygen atoms in total. The fourth-order valence-corrected chi connectivity index (χ4v) is 3.41. The first-order valence-corrected chi connectivity index (χ1v) is 6.73. The molecule has 0 aromatic carbocycles. The molecule has 2 fully saturated rings. The van der Waals surface area contributed by atoms with Gasteiger partial charge >= 0.3 is 0 Å². The first kappa shape index (κ1) is 11.4. The Morgan fingerprint density at radius 2 is 1.80 bits per heavy atom. The highest BCUT2D eigenvalue weighted by atomic mass is 16.5. The van der Waals surface area contributed by atoms with Crippen LogP contribution in [0.2, 0.25) is 0 Å². The van der Waals surface area contributed by atoms with Crippen LogP contribution in [0.4, 0.5) is 0 Å². The Kier molecular flexibility index (Phi) is 4.45. The van der Waals surface area contributed by atoms with Gasteiger partial charge in [-0.2, -0.15) is 0 Å². The molecule has 1 saturated heterocycles. The maximum atomic E-state index is 5.95. The van der Waals surface area contributed by atoms with Gasteiger partial charge in [0.05, 0.1) is 6.10 Å². The molecule has 1 heterocycles. The van der Waals surface area contributed by atoms with Crippen molar-refractivity contribution in [3.8, 4) is 0 Å². The molecule has 2 unspecified atom stereocenters. The van der Waals surface area contributed by atoms with Crippen molar-refractivity contribution in [2.75, 3.05) is 13.2 Å². The lowest BCUT2D eigenvalue weighted by atomic mass is 9.81. The molecule has 88 valence electrons. The molecule has 2 rings (SSSR count). The van der Waals surface area contributed by atoms with E-state index in [1.54, 1.807) is 0 Å². The smallest absolute Gasteiger partial charge is 0.0606 e. The highest BCUT2D eigenvalue weighted by Gasteiger charge is 2.32. The largest absolute Gasteiger partial charge is 0.378 e. The van der Waals surface area contributed by atoms with Crippen LogP contribution in [0.3, 0.4) is 0 Å². The third kappa shape index (κ3) is 2.94. The molecule has 1 saturated carbocycles. The minimum atomic E-state index is 0.533. The van der Waals surface area contributed by atoms with Crippen LogP contribution >= 0.6 is 0 Å². The highest BCUT2D eigenvalue weighted by molar-refractivity contribution is 4.83. The zero-order valence-electron chi connectivity index (χ0n) is 9.79. The Morgan fingerprint density at radius 1 is 1.07 bits per heavy atom. The first-order chi connectivity index (χ1) is 7.42. The van der Waals surface area contributed by atoms with E-state index in [2.05, 4.69) is 0 Å². The second-order valence-electron chi connectivity index (χ2n) is 5.19. The molecular weight excluding hydrogens is 186 g/mol. The quantitative estimate of drug-likeness (QED) is 0.776. The Bertz CT molecular complexity index is 171. The second kappa shape index (κ2) is 5.86. The Hall–Kier alpha value is -0.0800. The minimum Gasteiger partial charge on any atom is -0.378 e. The zero-order chi connectivity index (χ0) is 10.5. The van der Waals surface area contributed by atoms with E-state index in [0.717, 1.165) is 25.0 Å². The average molecular weight is 211 g/mol. The van der Waals surface area contributed by atoms with Crippen molar-refractivity contribution < 1.29 is 4.74 Å². The molecule has 2 N–H and O–H groups in total. The lowest BCUT2D eigenvalue weighted by molar-refractivity contribution is -0.0387. The predicted molar refractivity (Wildman–Crippen MR) is 62.7 cm³/mol.